The minimum Gasteiger partial charge on any atom is -0.462 e. The van der Waals surface area contributed by atoms with E-state index >= 15 is 0 Å². The number of carbonyl (C=O) groups is 2. The molecule has 302 valence electrons. The lowest BCUT2D eigenvalue weighted by Crippen LogP contribution is -2.29. The first-order chi connectivity index (χ1) is 24.8. The maximum atomic E-state index is 12.6. The quantitative estimate of drug-likeness (QED) is 0.0372. The highest BCUT2D eigenvalue weighted by atomic mass is 31.2. The molecule has 0 radical (unpaired) electrons. The maximum absolute atomic E-state index is 12.6. The van der Waals surface area contributed by atoms with Crippen LogP contribution in [0, 0.1) is 0 Å². The van der Waals surface area contributed by atoms with Crippen molar-refractivity contribution >= 4 is 19.8 Å². The number of carbonyl (C=O) groups excluding carboxylic acids is 2. The van der Waals surface area contributed by atoms with Gasteiger partial charge >= 0.3 is 19.8 Å². The van der Waals surface area contributed by atoms with Crippen molar-refractivity contribution in [2.75, 3.05) is 26.4 Å². The van der Waals surface area contributed by atoms with E-state index in [4.69, 9.17) is 28.0 Å². The van der Waals surface area contributed by atoms with Crippen molar-refractivity contribution in [3.63, 3.8) is 0 Å². The summed E-state index contributed by atoms with van der Waals surface area (Å²) in [5.41, 5.74) is 0. The number of ether oxygens (including phenoxy) is 4. The summed E-state index contributed by atoms with van der Waals surface area (Å²) in [5, 5.41) is 0. The molecule has 0 bridgehead atoms. The molecular weight excluding hydrogens is 671 g/mol. The first-order valence-electron chi connectivity index (χ1n) is 21.0. The summed E-state index contributed by atoms with van der Waals surface area (Å²) in [6.07, 6.45) is 31.8. The number of phosphoric ester groups is 1. The molecule has 0 aliphatic carbocycles. The van der Waals surface area contributed by atoms with Crippen LogP contribution in [-0.4, -0.2) is 61.8 Å². The molecular formula is C40H77O10P. The van der Waals surface area contributed by atoms with Crippen LogP contribution in [0.4, 0.5) is 0 Å². The van der Waals surface area contributed by atoms with E-state index in [0.717, 1.165) is 38.5 Å². The highest BCUT2D eigenvalue weighted by Crippen LogP contribution is 2.44. The first-order valence-corrected chi connectivity index (χ1v) is 22.5. The predicted molar refractivity (Wildman–Crippen MR) is 203 cm³/mol. The first kappa shape index (κ1) is 48.0. The van der Waals surface area contributed by atoms with Gasteiger partial charge in [-0.25, -0.2) is 4.57 Å². The Balaban J connectivity index is 2.13. The molecule has 51 heavy (non-hydrogen) atoms. The standard InChI is InChI=1S/C40H77O10P/c1-4-6-8-10-12-14-16-17-18-19-21-23-25-27-29-31-40-46-33-38(50-40)35-48-51(43,44)47-34-37(32-45-36(3)41)49-39(42)30-28-26-24-22-20-15-13-11-9-7-5-2/h37-38,40H,4-35H2,1-3H3,(H,43,44)/t37-,38?,40?/m1/s1. The molecule has 0 aromatic heterocycles. The molecule has 1 aliphatic heterocycles. The van der Waals surface area contributed by atoms with Crippen LogP contribution in [0.3, 0.4) is 0 Å². The summed E-state index contributed by atoms with van der Waals surface area (Å²) >= 11 is 0. The highest BCUT2D eigenvalue weighted by molar-refractivity contribution is 7.47. The zero-order chi connectivity index (χ0) is 37.3. The summed E-state index contributed by atoms with van der Waals surface area (Å²) in [6, 6.07) is 0. The van der Waals surface area contributed by atoms with Crippen LogP contribution in [0.15, 0.2) is 0 Å². The number of hydrogen-bond acceptors (Lipinski definition) is 9. The van der Waals surface area contributed by atoms with Gasteiger partial charge in [0.2, 0.25) is 0 Å². The molecule has 4 atom stereocenters. The maximum Gasteiger partial charge on any atom is 0.472 e. The molecule has 1 aliphatic rings. The molecule has 1 saturated heterocycles. The third-order valence-corrected chi connectivity index (χ3v) is 10.4. The molecule has 0 amide bonds. The highest BCUT2D eigenvalue weighted by Gasteiger charge is 2.31. The second-order valence-electron chi connectivity index (χ2n) is 14.5. The molecule has 3 unspecified atom stereocenters. The minimum absolute atomic E-state index is 0.170. The topological polar surface area (TPSA) is 127 Å². The van der Waals surface area contributed by atoms with Gasteiger partial charge in [0.25, 0.3) is 0 Å². The molecule has 10 nitrogen and oxygen atoms in total. The fraction of sp³-hybridized carbons (Fsp3) is 0.950. The Morgan fingerprint density at radius 2 is 1.12 bits per heavy atom. The van der Waals surface area contributed by atoms with Gasteiger partial charge in [0.15, 0.2) is 12.4 Å². The molecule has 0 aromatic carbocycles. The van der Waals surface area contributed by atoms with Crippen LogP contribution in [0.1, 0.15) is 201 Å². The Labute approximate surface area is 311 Å². The van der Waals surface area contributed by atoms with Gasteiger partial charge in [-0.2, -0.15) is 0 Å². The van der Waals surface area contributed by atoms with Gasteiger partial charge in [-0.15, -0.1) is 0 Å². The zero-order valence-electron chi connectivity index (χ0n) is 32.9. The van der Waals surface area contributed by atoms with E-state index in [1.807, 2.05) is 0 Å². The second-order valence-corrected chi connectivity index (χ2v) is 16.0. The number of unbranched alkanes of at least 4 members (excludes halogenated alkanes) is 24. The average molecular weight is 749 g/mol. The number of esters is 2. The van der Waals surface area contributed by atoms with Gasteiger partial charge < -0.3 is 23.8 Å². The molecule has 0 spiro atoms. The van der Waals surface area contributed by atoms with Gasteiger partial charge in [0, 0.05) is 13.3 Å². The fourth-order valence-corrected chi connectivity index (χ4v) is 7.11. The summed E-state index contributed by atoms with van der Waals surface area (Å²) in [4.78, 5) is 34.0. The lowest BCUT2D eigenvalue weighted by atomic mass is 10.0. The van der Waals surface area contributed by atoms with E-state index in [2.05, 4.69) is 13.8 Å². The van der Waals surface area contributed by atoms with Crippen LogP contribution in [0.25, 0.3) is 0 Å². The van der Waals surface area contributed by atoms with Crippen molar-refractivity contribution in [3.05, 3.63) is 0 Å². The lowest BCUT2D eigenvalue weighted by molar-refractivity contribution is -0.160. The van der Waals surface area contributed by atoms with E-state index in [1.54, 1.807) is 0 Å². The van der Waals surface area contributed by atoms with Crippen LogP contribution in [-0.2, 0) is 42.1 Å². The van der Waals surface area contributed by atoms with E-state index in [1.165, 1.54) is 135 Å². The van der Waals surface area contributed by atoms with Crippen molar-refractivity contribution in [2.24, 2.45) is 0 Å². The minimum atomic E-state index is -4.48. The summed E-state index contributed by atoms with van der Waals surface area (Å²) < 4.78 is 44.8. The Kier molecular flexibility index (Phi) is 31.6. The molecule has 0 saturated carbocycles. The monoisotopic (exact) mass is 749 g/mol. The van der Waals surface area contributed by atoms with Crippen LogP contribution in [0.2, 0.25) is 0 Å². The Morgan fingerprint density at radius 1 is 0.667 bits per heavy atom. The van der Waals surface area contributed by atoms with Crippen molar-refractivity contribution < 1.29 is 47.0 Å². The van der Waals surface area contributed by atoms with Gasteiger partial charge in [-0.05, 0) is 19.3 Å². The van der Waals surface area contributed by atoms with E-state index in [0.29, 0.717) is 6.42 Å². The van der Waals surface area contributed by atoms with E-state index in [9.17, 15) is 19.0 Å². The Hall–Kier alpha value is -1.03. The number of rotatable bonds is 37. The van der Waals surface area contributed by atoms with Gasteiger partial charge in [0.05, 0.1) is 19.8 Å². The second kappa shape index (κ2) is 33.5. The van der Waals surface area contributed by atoms with Crippen molar-refractivity contribution in [3.8, 4) is 0 Å². The normalized spacial score (nSPS) is 17.7. The molecule has 1 rings (SSSR count). The Morgan fingerprint density at radius 3 is 1.59 bits per heavy atom. The SMILES string of the molecule is CCCCCCCCCCCCCCCCCC1OCC(COP(=O)(O)OC[C@@H](COC(C)=O)OC(=O)CCCCCCCCCCCCC)O1. The van der Waals surface area contributed by atoms with Crippen molar-refractivity contribution in [1.29, 1.82) is 0 Å². The van der Waals surface area contributed by atoms with Crippen molar-refractivity contribution in [1.82, 2.24) is 0 Å². The van der Waals surface area contributed by atoms with Crippen LogP contribution < -0.4 is 0 Å². The zero-order valence-corrected chi connectivity index (χ0v) is 33.8. The lowest BCUT2D eigenvalue weighted by Gasteiger charge is -2.20. The third-order valence-electron chi connectivity index (χ3n) is 9.46. The van der Waals surface area contributed by atoms with E-state index < -0.39 is 38.6 Å². The molecule has 11 heteroatoms. The van der Waals surface area contributed by atoms with Crippen LogP contribution in [0.5, 0.6) is 0 Å². The smallest absolute Gasteiger partial charge is 0.462 e. The van der Waals surface area contributed by atoms with Crippen molar-refractivity contribution in [2.45, 2.75) is 219 Å². The molecule has 1 heterocycles. The Bertz CT molecular complexity index is 872. The fourth-order valence-electron chi connectivity index (χ4n) is 6.33. The third kappa shape index (κ3) is 31.1. The summed E-state index contributed by atoms with van der Waals surface area (Å²) in [6.45, 7) is 5.11. The van der Waals surface area contributed by atoms with E-state index in [-0.39, 0.29) is 32.5 Å². The summed E-state index contributed by atoms with van der Waals surface area (Å²) in [7, 11) is -4.48. The van der Waals surface area contributed by atoms with Crippen LogP contribution >= 0.6 is 7.82 Å². The molecule has 1 fully saturated rings. The molecule has 1 N–H and O–H groups in total. The summed E-state index contributed by atoms with van der Waals surface area (Å²) in [5.74, 6) is -1.01. The number of phosphoric acid groups is 1. The van der Waals surface area contributed by atoms with Gasteiger partial charge in [0.1, 0.15) is 12.7 Å². The average Bonchev–Trinajstić information content (AvgIpc) is 3.57. The van der Waals surface area contributed by atoms with Gasteiger partial charge in [-0.1, -0.05) is 168 Å². The number of hydrogen-bond donors (Lipinski definition) is 1. The predicted octanol–water partition coefficient (Wildman–Crippen LogP) is 11.3. The largest absolute Gasteiger partial charge is 0.472 e. The van der Waals surface area contributed by atoms with Gasteiger partial charge in [-0.3, -0.25) is 18.6 Å². The molecule has 0 aromatic rings.